The Morgan fingerprint density at radius 3 is 2.79 bits per heavy atom. The average molecular weight is 266 g/mol. The normalized spacial score (nSPS) is 11.9. The molecule has 1 unspecified atom stereocenters. The molecule has 0 radical (unpaired) electrons. The summed E-state index contributed by atoms with van der Waals surface area (Å²) >= 11 is 0. The number of carbonyl (C=O) groups excluding carboxylic acids is 1. The van der Waals surface area contributed by atoms with Crippen molar-refractivity contribution < 1.29 is 14.4 Å². The number of ether oxygens (including phenoxy) is 1. The van der Waals surface area contributed by atoms with Crippen molar-refractivity contribution in [2.75, 3.05) is 26.2 Å². The van der Waals surface area contributed by atoms with E-state index in [0.717, 1.165) is 30.5 Å². The van der Waals surface area contributed by atoms with Crippen LogP contribution in [-0.4, -0.2) is 26.7 Å². The van der Waals surface area contributed by atoms with Gasteiger partial charge in [-0.15, -0.1) is 0 Å². The Hall–Kier alpha value is -1.59. The van der Waals surface area contributed by atoms with Gasteiger partial charge in [0.2, 0.25) is 0 Å². The molecule has 1 aromatic carbocycles. The Balaban J connectivity index is 2.83. The first-order chi connectivity index (χ1) is 9.22. The van der Waals surface area contributed by atoms with Crippen molar-refractivity contribution in [2.45, 2.75) is 25.2 Å². The molecule has 0 amide bonds. The number of benzene rings is 1. The predicted octanol–water partition coefficient (Wildman–Crippen LogP) is 2.05. The fraction of sp³-hybridized carbons (Fsp3) is 0.500. The van der Waals surface area contributed by atoms with Crippen molar-refractivity contribution in [1.82, 2.24) is 0 Å². The molecule has 19 heavy (non-hydrogen) atoms. The number of nitrogens with one attached hydrogen (secondary N) is 1. The van der Waals surface area contributed by atoms with Crippen LogP contribution in [0.15, 0.2) is 24.3 Å². The molecule has 0 aromatic heterocycles. The first-order valence-corrected chi connectivity index (χ1v) is 6.39. The van der Waals surface area contributed by atoms with Gasteiger partial charge in [-0.1, -0.05) is 18.6 Å². The Kier molecular flexibility index (Phi) is 6.92. The third kappa shape index (κ3) is 4.89. The van der Waals surface area contributed by atoms with Gasteiger partial charge in [0, 0.05) is 0 Å². The molecule has 5 heteroatoms. The molecule has 0 saturated heterocycles. The second-order valence-electron chi connectivity index (χ2n) is 4.29. The van der Waals surface area contributed by atoms with Crippen LogP contribution in [0.5, 0.6) is 0 Å². The molecule has 1 rings (SSSR count). The fourth-order valence-electron chi connectivity index (χ4n) is 1.99. The van der Waals surface area contributed by atoms with Crippen LogP contribution in [0.3, 0.4) is 0 Å². The van der Waals surface area contributed by atoms with Crippen LogP contribution in [0.4, 0.5) is 5.69 Å². The molecule has 0 bridgehead atoms. The van der Waals surface area contributed by atoms with Gasteiger partial charge in [0.1, 0.15) is 0 Å². The quantitative estimate of drug-likeness (QED) is 0.428. The molecule has 3 N–H and O–H groups in total. The molecule has 0 spiro atoms. The highest BCUT2D eigenvalue weighted by Crippen LogP contribution is 2.25. The third-order valence-electron chi connectivity index (χ3n) is 2.94. The van der Waals surface area contributed by atoms with E-state index >= 15 is 0 Å². The van der Waals surface area contributed by atoms with Gasteiger partial charge < -0.3 is 10.5 Å². The van der Waals surface area contributed by atoms with Crippen LogP contribution >= 0.6 is 0 Å². The number of carbonyl (C=O) groups is 1. The van der Waals surface area contributed by atoms with Gasteiger partial charge in [0.15, 0.2) is 0 Å². The zero-order chi connectivity index (χ0) is 14.1. The molecule has 0 aliphatic heterocycles. The molecule has 0 heterocycles. The number of methoxy groups -OCH3 is 1. The number of nitrogens with two attached hydrogens (primary N) is 1. The number of anilines is 1. The van der Waals surface area contributed by atoms with Crippen LogP contribution < -0.4 is 11.2 Å². The maximum Gasteiger partial charge on any atom is 0.313 e. The molecule has 0 saturated carbocycles. The molecule has 106 valence electrons. The molecule has 1 atom stereocenters. The van der Waals surface area contributed by atoms with Gasteiger partial charge >= 0.3 is 5.97 Å². The lowest BCUT2D eigenvalue weighted by Crippen LogP contribution is -2.15. The Morgan fingerprint density at radius 1 is 1.37 bits per heavy atom. The Bertz CT molecular complexity index is 396. The first-order valence-electron chi connectivity index (χ1n) is 6.39. The lowest BCUT2D eigenvalue weighted by atomic mass is 9.93. The largest absolute Gasteiger partial charge is 0.469 e. The minimum absolute atomic E-state index is 0.216. The van der Waals surface area contributed by atoms with Crippen molar-refractivity contribution in [3.63, 3.8) is 0 Å². The number of hydrogen-bond donors (Lipinski definition) is 2. The van der Waals surface area contributed by atoms with Crippen LogP contribution in [0.25, 0.3) is 0 Å². The summed E-state index contributed by atoms with van der Waals surface area (Å²) in [6.45, 7) is 0.638. The van der Waals surface area contributed by atoms with E-state index in [0.29, 0.717) is 6.54 Å². The molecular weight excluding hydrogens is 244 g/mol. The molecular formula is C14H22N2O3. The molecule has 0 fully saturated rings. The summed E-state index contributed by atoms with van der Waals surface area (Å²) in [4.78, 5) is 16.7. The fourth-order valence-corrected chi connectivity index (χ4v) is 1.99. The number of rotatable bonds is 8. The second-order valence-corrected chi connectivity index (χ2v) is 4.29. The highest BCUT2D eigenvalue weighted by atomic mass is 16.6. The van der Waals surface area contributed by atoms with E-state index in [-0.39, 0.29) is 11.9 Å². The monoisotopic (exact) mass is 266 g/mol. The van der Waals surface area contributed by atoms with Gasteiger partial charge in [-0.2, -0.15) is 0 Å². The summed E-state index contributed by atoms with van der Waals surface area (Å²) in [6.07, 6.45) is 2.54. The van der Waals surface area contributed by atoms with Crippen molar-refractivity contribution in [2.24, 2.45) is 5.73 Å². The van der Waals surface area contributed by atoms with Crippen LogP contribution in [-0.2, 0) is 14.4 Å². The molecule has 0 aliphatic rings. The minimum atomic E-state index is -0.254. The number of hydrogen-bond acceptors (Lipinski definition) is 5. The summed E-state index contributed by atoms with van der Waals surface area (Å²) in [6, 6.07) is 7.58. The van der Waals surface area contributed by atoms with E-state index in [1.807, 2.05) is 24.3 Å². The average Bonchev–Trinajstić information content (AvgIpc) is 2.43. The lowest BCUT2D eigenvalue weighted by molar-refractivity contribution is -0.142. The summed E-state index contributed by atoms with van der Waals surface area (Å²) < 4.78 is 4.88. The van der Waals surface area contributed by atoms with Gasteiger partial charge in [-0.05, 0) is 37.1 Å². The maximum absolute atomic E-state index is 11.9. The van der Waals surface area contributed by atoms with Crippen LogP contribution in [0, 0.1) is 0 Å². The summed E-state index contributed by atoms with van der Waals surface area (Å²) in [5.41, 5.74) is 9.97. The Morgan fingerprint density at radius 2 is 2.16 bits per heavy atom. The summed E-state index contributed by atoms with van der Waals surface area (Å²) in [5, 5.41) is 0. The lowest BCUT2D eigenvalue weighted by Gasteiger charge is -2.16. The van der Waals surface area contributed by atoms with E-state index in [2.05, 4.69) is 5.48 Å². The van der Waals surface area contributed by atoms with Gasteiger partial charge in [-0.25, -0.2) is 0 Å². The van der Waals surface area contributed by atoms with Crippen molar-refractivity contribution in [1.29, 1.82) is 0 Å². The second kappa shape index (κ2) is 8.50. The van der Waals surface area contributed by atoms with Crippen molar-refractivity contribution in [3.05, 3.63) is 29.8 Å². The number of esters is 1. The Labute approximate surface area is 114 Å². The molecule has 1 aromatic rings. The van der Waals surface area contributed by atoms with Crippen molar-refractivity contribution in [3.8, 4) is 0 Å². The first kappa shape index (κ1) is 15.5. The van der Waals surface area contributed by atoms with Crippen LogP contribution in [0.1, 0.15) is 30.7 Å². The van der Waals surface area contributed by atoms with Crippen molar-refractivity contribution >= 4 is 11.7 Å². The smallest absolute Gasteiger partial charge is 0.313 e. The van der Waals surface area contributed by atoms with E-state index < -0.39 is 0 Å². The summed E-state index contributed by atoms with van der Waals surface area (Å²) in [5.74, 6) is -0.471. The van der Waals surface area contributed by atoms with Crippen LogP contribution in [0.2, 0.25) is 0 Å². The predicted molar refractivity (Wildman–Crippen MR) is 74.7 cm³/mol. The standard InChI is InChI=1S/C14H22N2O3/c1-18-14(17)13(8-3-4-9-15)11-6-5-7-12(10-11)16-19-2/h5-7,10,13,16H,3-4,8-9,15H2,1-2H3. The highest BCUT2D eigenvalue weighted by Gasteiger charge is 2.21. The van der Waals surface area contributed by atoms with E-state index in [1.54, 1.807) is 7.11 Å². The van der Waals surface area contributed by atoms with E-state index in [4.69, 9.17) is 15.3 Å². The van der Waals surface area contributed by atoms with Gasteiger partial charge in [0.25, 0.3) is 0 Å². The topological polar surface area (TPSA) is 73.6 Å². The SMILES string of the molecule is CONc1cccc(C(CCCCN)C(=O)OC)c1. The van der Waals surface area contributed by atoms with Gasteiger partial charge in [-0.3, -0.25) is 15.1 Å². The third-order valence-corrected chi connectivity index (χ3v) is 2.94. The molecule has 0 aliphatic carbocycles. The number of unbranched alkanes of at least 4 members (excludes halogenated alkanes) is 1. The van der Waals surface area contributed by atoms with Gasteiger partial charge in [0.05, 0.1) is 25.8 Å². The zero-order valence-corrected chi connectivity index (χ0v) is 11.5. The highest BCUT2D eigenvalue weighted by molar-refractivity contribution is 5.78. The van der Waals surface area contributed by atoms with E-state index in [9.17, 15) is 4.79 Å². The zero-order valence-electron chi connectivity index (χ0n) is 11.5. The summed E-state index contributed by atoms with van der Waals surface area (Å²) in [7, 11) is 2.96. The molecule has 5 nitrogen and oxygen atoms in total. The minimum Gasteiger partial charge on any atom is -0.469 e. The van der Waals surface area contributed by atoms with E-state index in [1.165, 1.54) is 7.11 Å². The maximum atomic E-state index is 11.9.